The molecule has 2 fully saturated rings. The molecule has 0 spiro atoms. The number of nitrogens with zero attached hydrogens (tertiary/aromatic N) is 2. The van der Waals surface area contributed by atoms with Gasteiger partial charge in [-0.25, -0.2) is 0 Å². The van der Waals surface area contributed by atoms with E-state index in [9.17, 15) is 0 Å². The molecule has 2 heterocycles. The zero-order valence-electron chi connectivity index (χ0n) is 11.1. The molecule has 3 nitrogen and oxygen atoms in total. The highest BCUT2D eigenvalue weighted by Gasteiger charge is 2.30. The van der Waals surface area contributed by atoms with Gasteiger partial charge in [0.25, 0.3) is 0 Å². The van der Waals surface area contributed by atoms with Gasteiger partial charge in [0, 0.05) is 32.2 Å². The largest absolute Gasteiger partial charge is 0.315 e. The second-order valence-electron chi connectivity index (χ2n) is 6.35. The van der Waals surface area contributed by atoms with Crippen LogP contribution in [0.25, 0.3) is 0 Å². The van der Waals surface area contributed by atoms with E-state index in [4.69, 9.17) is 0 Å². The van der Waals surface area contributed by atoms with Crippen molar-refractivity contribution in [3.63, 3.8) is 0 Å². The molecule has 0 saturated carbocycles. The summed E-state index contributed by atoms with van der Waals surface area (Å²) in [4.78, 5) is 5.19. The smallest absolute Gasteiger partial charge is 0.0120 e. The summed E-state index contributed by atoms with van der Waals surface area (Å²) in [5.41, 5.74) is 0.430. The molecule has 0 aromatic heterocycles. The fourth-order valence-electron chi connectivity index (χ4n) is 3.01. The van der Waals surface area contributed by atoms with Gasteiger partial charge in [0.2, 0.25) is 0 Å². The monoisotopic (exact) mass is 225 g/mol. The van der Waals surface area contributed by atoms with Gasteiger partial charge in [-0.1, -0.05) is 13.8 Å². The zero-order valence-corrected chi connectivity index (χ0v) is 11.1. The van der Waals surface area contributed by atoms with Gasteiger partial charge in [-0.15, -0.1) is 0 Å². The van der Waals surface area contributed by atoms with Crippen LogP contribution in [0.2, 0.25) is 0 Å². The molecule has 16 heavy (non-hydrogen) atoms. The first-order valence-electron chi connectivity index (χ1n) is 6.70. The molecular formula is C13H27N3. The van der Waals surface area contributed by atoms with E-state index in [1.165, 1.54) is 39.0 Å². The minimum Gasteiger partial charge on any atom is -0.315 e. The molecule has 0 atom stereocenters. The van der Waals surface area contributed by atoms with Crippen molar-refractivity contribution in [1.82, 2.24) is 15.1 Å². The van der Waals surface area contributed by atoms with Gasteiger partial charge in [0.1, 0.15) is 0 Å². The Hall–Kier alpha value is -0.120. The van der Waals surface area contributed by atoms with Gasteiger partial charge < -0.3 is 10.2 Å². The van der Waals surface area contributed by atoms with Crippen LogP contribution in [0, 0.1) is 5.41 Å². The molecule has 0 aromatic rings. The van der Waals surface area contributed by atoms with Crippen LogP contribution in [0.4, 0.5) is 0 Å². The molecule has 2 saturated heterocycles. The highest BCUT2D eigenvalue weighted by Crippen LogP contribution is 2.23. The summed E-state index contributed by atoms with van der Waals surface area (Å²) in [6.07, 6.45) is 2.71. The van der Waals surface area contributed by atoms with Crippen LogP contribution in [0.5, 0.6) is 0 Å². The molecule has 0 aliphatic carbocycles. The minimum atomic E-state index is 0.430. The first-order valence-corrected chi connectivity index (χ1v) is 6.70. The van der Waals surface area contributed by atoms with E-state index in [1.807, 2.05) is 0 Å². The highest BCUT2D eigenvalue weighted by molar-refractivity contribution is 4.86. The molecule has 0 amide bonds. The molecule has 2 aliphatic rings. The summed E-state index contributed by atoms with van der Waals surface area (Å²) in [7, 11) is 2.24. The molecule has 0 radical (unpaired) electrons. The van der Waals surface area contributed by atoms with E-state index < -0.39 is 0 Å². The summed E-state index contributed by atoms with van der Waals surface area (Å²) in [5.74, 6) is 0. The maximum atomic E-state index is 3.56. The molecule has 3 heteroatoms. The molecule has 2 aliphatic heterocycles. The van der Waals surface area contributed by atoms with Crippen molar-refractivity contribution < 1.29 is 0 Å². The average molecular weight is 225 g/mol. The van der Waals surface area contributed by atoms with E-state index in [0.29, 0.717) is 5.41 Å². The highest BCUT2D eigenvalue weighted by atomic mass is 15.2. The number of hydrogen-bond acceptors (Lipinski definition) is 3. The van der Waals surface area contributed by atoms with Gasteiger partial charge in [-0.3, -0.25) is 4.90 Å². The van der Waals surface area contributed by atoms with Crippen LogP contribution in [-0.2, 0) is 0 Å². The summed E-state index contributed by atoms with van der Waals surface area (Å²) < 4.78 is 0. The third-order valence-electron chi connectivity index (χ3n) is 4.01. The van der Waals surface area contributed by atoms with Crippen molar-refractivity contribution in [2.75, 3.05) is 46.3 Å². The van der Waals surface area contributed by atoms with Gasteiger partial charge in [-0.2, -0.15) is 0 Å². The van der Waals surface area contributed by atoms with Crippen molar-refractivity contribution in [3.05, 3.63) is 0 Å². The standard InChI is InChI=1S/C13H27N3/c1-13(2)10-14-6-9-16(11-13)12-4-7-15(3)8-5-12/h12,14H,4-11H2,1-3H3. The van der Waals surface area contributed by atoms with Crippen molar-refractivity contribution in [2.45, 2.75) is 32.7 Å². The second-order valence-corrected chi connectivity index (χ2v) is 6.35. The van der Waals surface area contributed by atoms with Crippen molar-refractivity contribution in [2.24, 2.45) is 5.41 Å². The van der Waals surface area contributed by atoms with Gasteiger partial charge in [0.05, 0.1) is 0 Å². The molecule has 1 N–H and O–H groups in total. The predicted molar refractivity (Wildman–Crippen MR) is 68.7 cm³/mol. The first kappa shape index (κ1) is 12.3. The van der Waals surface area contributed by atoms with E-state index >= 15 is 0 Å². The topological polar surface area (TPSA) is 18.5 Å². The van der Waals surface area contributed by atoms with E-state index in [2.05, 4.69) is 36.0 Å². The van der Waals surface area contributed by atoms with Gasteiger partial charge in [0.15, 0.2) is 0 Å². The van der Waals surface area contributed by atoms with E-state index in [1.54, 1.807) is 0 Å². The third-order valence-corrected chi connectivity index (χ3v) is 4.01. The van der Waals surface area contributed by atoms with Gasteiger partial charge >= 0.3 is 0 Å². The predicted octanol–water partition coefficient (Wildman–Crippen LogP) is 1.01. The Morgan fingerprint density at radius 3 is 2.50 bits per heavy atom. The fraction of sp³-hybridized carbons (Fsp3) is 1.00. The van der Waals surface area contributed by atoms with Crippen LogP contribution < -0.4 is 5.32 Å². The number of piperidine rings is 1. The lowest BCUT2D eigenvalue weighted by atomic mass is 9.91. The summed E-state index contributed by atoms with van der Waals surface area (Å²) in [6.45, 7) is 12.1. The van der Waals surface area contributed by atoms with Crippen molar-refractivity contribution >= 4 is 0 Å². The number of hydrogen-bond donors (Lipinski definition) is 1. The third kappa shape index (κ3) is 3.19. The van der Waals surface area contributed by atoms with Crippen LogP contribution in [-0.4, -0.2) is 62.2 Å². The molecule has 0 aromatic carbocycles. The number of nitrogens with one attached hydrogen (secondary N) is 1. The maximum Gasteiger partial charge on any atom is 0.0120 e. The van der Waals surface area contributed by atoms with Crippen molar-refractivity contribution in [3.8, 4) is 0 Å². The Balaban J connectivity index is 1.92. The van der Waals surface area contributed by atoms with Crippen LogP contribution in [0.1, 0.15) is 26.7 Å². The Morgan fingerprint density at radius 1 is 1.12 bits per heavy atom. The normalized spacial score (nSPS) is 30.2. The summed E-state index contributed by atoms with van der Waals surface area (Å²) in [5, 5.41) is 3.56. The molecule has 2 rings (SSSR count). The van der Waals surface area contributed by atoms with Crippen LogP contribution in [0.3, 0.4) is 0 Å². The minimum absolute atomic E-state index is 0.430. The average Bonchev–Trinajstić information content (AvgIpc) is 2.40. The fourth-order valence-corrected chi connectivity index (χ4v) is 3.01. The lowest BCUT2D eigenvalue weighted by Crippen LogP contribution is -2.47. The Kier molecular flexibility index (Phi) is 3.88. The zero-order chi connectivity index (χ0) is 11.6. The SMILES string of the molecule is CN1CCC(N2CCNCC(C)(C)C2)CC1. The maximum absolute atomic E-state index is 3.56. The van der Waals surface area contributed by atoms with Crippen molar-refractivity contribution in [1.29, 1.82) is 0 Å². The lowest BCUT2D eigenvalue weighted by Gasteiger charge is -2.39. The van der Waals surface area contributed by atoms with Gasteiger partial charge in [-0.05, 0) is 38.4 Å². The van der Waals surface area contributed by atoms with E-state index in [-0.39, 0.29) is 0 Å². The number of rotatable bonds is 1. The first-order chi connectivity index (χ1) is 7.57. The Morgan fingerprint density at radius 2 is 1.81 bits per heavy atom. The lowest BCUT2D eigenvalue weighted by molar-refractivity contribution is 0.0985. The molecule has 0 unspecified atom stereocenters. The number of likely N-dealkylation sites (tertiary alicyclic amines) is 1. The Labute approximate surface area is 100 Å². The van der Waals surface area contributed by atoms with Crippen LogP contribution >= 0.6 is 0 Å². The van der Waals surface area contributed by atoms with Crippen LogP contribution in [0.15, 0.2) is 0 Å². The summed E-state index contributed by atoms with van der Waals surface area (Å²) >= 11 is 0. The van der Waals surface area contributed by atoms with E-state index in [0.717, 1.165) is 19.1 Å². The molecular weight excluding hydrogens is 198 g/mol. The Bertz CT molecular complexity index is 219. The summed E-state index contributed by atoms with van der Waals surface area (Å²) in [6, 6.07) is 0.829. The second kappa shape index (κ2) is 5.03. The quantitative estimate of drug-likeness (QED) is 0.718. The molecule has 0 bridgehead atoms. The molecule has 94 valence electrons.